The van der Waals surface area contributed by atoms with Crippen LogP contribution in [0.15, 0.2) is 72.8 Å². The molecule has 1 fully saturated rings. The third kappa shape index (κ3) is 3.90. The molecule has 0 atom stereocenters. The van der Waals surface area contributed by atoms with Crippen molar-refractivity contribution in [2.45, 2.75) is 37.9 Å². The van der Waals surface area contributed by atoms with Crippen LogP contribution < -0.4 is 0 Å². The van der Waals surface area contributed by atoms with Gasteiger partial charge in [0.25, 0.3) is 0 Å². The van der Waals surface area contributed by atoms with Gasteiger partial charge in [-0.15, -0.1) is 0 Å². The van der Waals surface area contributed by atoms with E-state index < -0.39 is 17.2 Å². The van der Waals surface area contributed by atoms with Gasteiger partial charge in [-0.05, 0) is 61.5 Å². The summed E-state index contributed by atoms with van der Waals surface area (Å²) in [7, 11) is 0. The highest BCUT2D eigenvalue weighted by Gasteiger charge is 2.58. The molecular weight excluding hydrogens is 451 g/mol. The number of alkyl halides is 3. The van der Waals surface area contributed by atoms with Gasteiger partial charge in [-0.3, -0.25) is 14.5 Å². The molecule has 0 saturated carbocycles. The van der Waals surface area contributed by atoms with Crippen LogP contribution in [0.2, 0.25) is 0 Å². The van der Waals surface area contributed by atoms with E-state index in [1.807, 2.05) is 12.1 Å². The molecule has 1 aliphatic heterocycles. The van der Waals surface area contributed by atoms with E-state index in [1.54, 1.807) is 24.3 Å². The van der Waals surface area contributed by atoms with E-state index in [0.29, 0.717) is 37.1 Å². The number of likely N-dealkylation sites (tertiary alicyclic amines) is 1. The van der Waals surface area contributed by atoms with Crippen molar-refractivity contribution >= 4 is 11.6 Å². The average molecular weight is 478 g/mol. The van der Waals surface area contributed by atoms with Crippen LogP contribution in [-0.2, 0) is 18.1 Å². The Morgan fingerprint density at radius 3 is 2.06 bits per heavy atom. The number of Topliss-reactive ketones (excluding diaryl/α,β-unsaturated/α-hetero) is 2. The highest BCUT2D eigenvalue weighted by Crippen LogP contribution is 2.49. The fourth-order valence-corrected chi connectivity index (χ4v) is 5.77. The molecule has 0 radical (unpaired) electrons. The molecule has 3 aromatic rings. The van der Waals surface area contributed by atoms with Crippen LogP contribution in [0.4, 0.5) is 13.2 Å². The maximum atomic E-state index is 13.9. The van der Waals surface area contributed by atoms with Crippen molar-refractivity contribution < 1.29 is 22.8 Å². The molecule has 180 valence electrons. The van der Waals surface area contributed by atoms with E-state index in [0.717, 1.165) is 18.7 Å². The van der Waals surface area contributed by atoms with Crippen molar-refractivity contribution in [3.05, 3.63) is 106 Å². The minimum Gasteiger partial charge on any atom is -0.299 e. The minimum atomic E-state index is -4.56. The number of aryl methyl sites for hydroxylation is 1. The molecule has 0 bridgehead atoms. The second-order valence-corrected chi connectivity index (χ2v) is 9.57. The Kier molecular flexibility index (Phi) is 5.88. The molecule has 3 nitrogen and oxygen atoms in total. The first-order chi connectivity index (χ1) is 16.7. The maximum Gasteiger partial charge on any atom is 0.416 e. The summed E-state index contributed by atoms with van der Waals surface area (Å²) in [6.45, 7) is 4.16. The number of hydrogen-bond donors (Lipinski definition) is 0. The summed E-state index contributed by atoms with van der Waals surface area (Å²) in [5, 5.41) is 0. The Morgan fingerprint density at radius 1 is 0.857 bits per heavy atom. The van der Waals surface area contributed by atoms with Gasteiger partial charge in [0.1, 0.15) is 5.41 Å². The molecule has 0 aromatic heterocycles. The summed E-state index contributed by atoms with van der Waals surface area (Å²) in [6.07, 6.45) is -3.47. The molecule has 0 N–H and O–H groups in total. The number of benzene rings is 3. The molecule has 35 heavy (non-hydrogen) atoms. The van der Waals surface area contributed by atoms with Gasteiger partial charge < -0.3 is 0 Å². The van der Waals surface area contributed by atoms with Gasteiger partial charge in [-0.1, -0.05) is 66.7 Å². The van der Waals surface area contributed by atoms with Crippen LogP contribution >= 0.6 is 0 Å². The van der Waals surface area contributed by atoms with E-state index in [2.05, 4.69) is 24.0 Å². The van der Waals surface area contributed by atoms with Crippen molar-refractivity contribution in [3.8, 4) is 0 Å². The number of piperidine rings is 1. The smallest absolute Gasteiger partial charge is 0.299 e. The normalized spacial score (nSPS) is 18.6. The van der Waals surface area contributed by atoms with Crippen LogP contribution in [0.5, 0.6) is 0 Å². The van der Waals surface area contributed by atoms with Crippen LogP contribution in [0.25, 0.3) is 0 Å². The lowest BCUT2D eigenvalue weighted by Gasteiger charge is -2.41. The van der Waals surface area contributed by atoms with Gasteiger partial charge in [0.2, 0.25) is 0 Å². The predicted octanol–water partition coefficient (Wildman–Crippen LogP) is 6.24. The molecule has 0 unspecified atom stereocenters. The number of halogens is 3. The lowest BCUT2D eigenvalue weighted by molar-refractivity contribution is -0.137. The van der Waals surface area contributed by atoms with Crippen molar-refractivity contribution in [2.24, 2.45) is 5.92 Å². The minimum absolute atomic E-state index is 0.149. The van der Waals surface area contributed by atoms with Gasteiger partial charge >= 0.3 is 6.18 Å². The van der Waals surface area contributed by atoms with E-state index in [4.69, 9.17) is 0 Å². The summed E-state index contributed by atoms with van der Waals surface area (Å²) in [6, 6.07) is 19.6. The monoisotopic (exact) mass is 477 g/mol. The number of carbonyl (C=O) groups is 2. The molecule has 5 rings (SSSR count). The van der Waals surface area contributed by atoms with Crippen molar-refractivity contribution in [1.29, 1.82) is 0 Å². The van der Waals surface area contributed by atoms with E-state index in [-0.39, 0.29) is 23.0 Å². The fraction of sp³-hybridized carbons (Fsp3) is 0.310. The standard InChI is InChI=1S/C29H26F3NO2/c1-19-7-2-3-8-20(19)18-33-15-13-21(14-16-33)28(22-9-6-10-23(17-22)29(30,31)32)26(34)24-11-4-5-12-25(24)27(28)35/h2-12,17,21H,13-16,18H2,1H3. The summed E-state index contributed by atoms with van der Waals surface area (Å²) < 4.78 is 40.8. The van der Waals surface area contributed by atoms with Gasteiger partial charge in [0.05, 0.1) is 5.56 Å². The van der Waals surface area contributed by atoms with Crippen molar-refractivity contribution in [2.75, 3.05) is 13.1 Å². The first kappa shape index (κ1) is 23.5. The predicted molar refractivity (Wildman–Crippen MR) is 127 cm³/mol. The largest absolute Gasteiger partial charge is 0.416 e. The van der Waals surface area contributed by atoms with Crippen molar-refractivity contribution in [3.63, 3.8) is 0 Å². The van der Waals surface area contributed by atoms with E-state index in [9.17, 15) is 22.8 Å². The van der Waals surface area contributed by atoms with Crippen LogP contribution in [0.1, 0.15) is 55.8 Å². The second-order valence-electron chi connectivity index (χ2n) is 9.57. The Morgan fingerprint density at radius 2 is 1.46 bits per heavy atom. The molecule has 2 aliphatic rings. The Hall–Kier alpha value is -3.25. The third-order valence-corrected chi connectivity index (χ3v) is 7.63. The zero-order valence-electron chi connectivity index (χ0n) is 19.4. The second kappa shape index (κ2) is 8.76. The first-order valence-corrected chi connectivity index (χ1v) is 11.9. The number of ketones is 2. The molecular formula is C29H26F3NO2. The molecule has 0 spiro atoms. The molecule has 6 heteroatoms. The first-order valence-electron chi connectivity index (χ1n) is 11.9. The van der Waals surface area contributed by atoms with Gasteiger partial charge in [-0.25, -0.2) is 0 Å². The van der Waals surface area contributed by atoms with Crippen LogP contribution in [-0.4, -0.2) is 29.6 Å². The van der Waals surface area contributed by atoms with Crippen LogP contribution in [0.3, 0.4) is 0 Å². The number of nitrogens with zero attached hydrogens (tertiary/aromatic N) is 1. The fourth-order valence-electron chi connectivity index (χ4n) is 5.77. The SMILES string of the molecule is Cc1ccccc1CN1CCC(C2(c3cccc(C(F)(F)F)c3)C(=O)c3ccccc3C2=O)CC1. The number of fused-ring (bicyclic) bond motifs is 1. The maximum absolute atomic E-state index is 13.9. The summed E-state index contributed by atoms with van der Waals surface area (Å²) >= 11 is 0. The van der Waals surface area contributed by atoms with Gasteiger partial charge in [0, 0.05) is 17.7 Å². The average Bonchev–Trinajstić information content (AvgIpc) is 3.08. The highest BCUT2D eigenvalue weighted by molar-refractivity contribution is 6.33. The summed E-state index contributed by atoms with van der Waals surface area (Å²) in [5.41, 5.74) is 0.707. The molecule has 1 aliphatic carbocycles. The van der Waals surface area contributed by atoms with Gasteiger partial charge in [-0.2, -0.15) is 13.2 Å². The lowest BCUT2D eigenvalue weighted by atomic mass is 9.63. The number of rotatable bonds is 4. The van der Waals surface area contributed by atoms with Gasteiger partial charge in [0.15, 0.2) is 11.6 Å². The summed E-state index contributed by atoms with van der Waals surface area (Å²) in [4.78, 5) is 30.1. The number of hydrogen-bond acceptors (Lipinski definition) is 3. The molecule has 1 saturated heterocycles. The Bertz CT molecular complexity index is 1250. The topological polar surface area (TPSA) is 37.4 Å². The highest BCUT2D eigenvalue weighted by atomic mass is 19.4. The Balaban J connectivity index is 1.52. The van der Waals surface area contributed by atoms with Crippen LogP contribution in [0, 0.1) is 12.8 Å². The molecule has 1 heterocycles. The van der Waals surface area contributed by atoms with E-state index in [1.165, 1.54) is 23.3 Å². The third-order valence-electron chi connectivity index (χ3n) is 7.63. The number of carbonyl (C=O) groups excluding carboxylic acids is 2. The Labute approximate surface area is 202 Å². The zero-order valence-corrected chi connectivity index (χ0v) is 19.4. The lowest BCUT2D eigenvalue weighted by Crippen LogP contribution is -2.50. The van der Waals surface area contributed by atoms with Crippen molar-refractivity contribution in [1.82, 2.24) is 4.90 Å². The quantitative estimate of drug-likeness (QED) is 0.417. The molecule has 0 amide bonds. The molecule has 3 aromatic carbocycles. The zero-order chi connectivity index (χ0) is 24.8. The summed E-state index contributed by atoms with van der Waals surface area (Å²) in [5.74, 6) is -1.14. The van der Waals surface area contributed by atoms with E-state index >= 15 is 0 Å².